The maximum absolute atomic E-state index is 14.8. The SMILES string of the molecule is CC/C=C(\CCCc1ccc(-c2ccc(C)cc2)c(F)c1)CCCc1ccc(-c2ccc(S(F)(F)(F)(F)F)cc2)c(F)c1. The standard InChI is InChI=1S/C35H35F7S/c1-3-6-26(7-4-9-27-13-21-32(34(36)23-27)29-15-11-25(2)12-16-29)8-5-10-28-14-22-33(35(37)24-28)30-17-19-31(20-18-30)43(38,39,40,41)42/h6,11-24H,3-5,7-10H2,1-2H3/b26-6+. The van der Waals surface area contributed by atoms with Crippen LogP contribution in [-0.2, 0) is 12.8 Å². The van der Waals surface area contributed by atoms with Crippen LogP contribution in [0.2, 0.25) is 0 Å². The van der Waals surface area contributed by atoms with E-state index >= 15 is 0 Å². The average molecular weight is 621 g/mol. The van der Waals surface area contributed by atoms with Crippen molar-refractivity contribution in [2.75, 3.05) is 0 Å². The molecule has 4 aromatic carbocycles. The highest BCUT2D eigenvalue weighted by atomic mass is 32.5. The topological polar surface area (TPSA) is 0 Å². The summed E-state index contributed by atoms with van der Waals surface area (Å²) in [5.41, 5.74) is 5.68. The van der Waals surface area contributed by atoms with Crippen LogP contribution < -0.4 is 0 Å². The van der Waals surface area contributed by atoms with Crippen LogP contribution in [0.5, 0.6) is 0 Å². The van der Waals surface area contributed by atoms with Gasteiger partial charge in [0.15, 0.2) is 0 Å². The van der Waals surface area contributed by atoms with Crippen LogP contribution in [0.4, 0.5) is 28.2 Å². The molecule has 0 amide bonds. The lowest BCUT2D eigenvalue weighted by molar-refractivity contribution is 0.364. The third-order valence-corrected chi connectivity index (χ3v) is 8.62. The largest absolute Gasteiger partial charge is 0.310 e. The Morgan fingerprint density at radius 2 is 1.07 bits per heavy atom. The molecule has 0 heterocycles. The lowest BCUT2D eigenvalue weighted by atomic mass is 9.96. The minimum absolute atomic E-state index is 0.0485. The van der Waals surface area contributed by atoms with E-state index in [1.54, 1.807) is 12.1 Å². The number of allylic oxidation sites excluding steroid dienone is 2. The maximum Gasteiger partial charge on any atom is 0.310 e. The minimum atomic E-state index is -9.78. The van der Waals surface area contributed by atoms with Gasteiger partial charge < -0.3 is 0 Å². The first kappa shape index (κ1) is 32.4. The van der Waals surface area contributed by atoms with Crippen LogP contribution in [0.25, 0.3) is 22.3 Å². The van der Waals surface area contributed by atoms with Crippen molar-refractivity contribution in [2.24, 2.45) is 0 Å². The Balaban J connectivity index is 1.29. The van der Waals surface area contributed by atoms with Crippen molar-refractivity contribution < 1.29 is 28.2 Å². The Kier molecular flexibility index (Phi) is 9.21. The summed E-state index contributed by atoms with van der Waals surface area (Å²) in [5, 5.41) is 0. The number of aryl methyl sites for hydroxylation is 3. The van der Waals surface area contributed by atoms with Crippen LogP contribution >= 0.6 is 10.2 Å². The minimum Gasteiger partial charge on any atom is -0.206 e. The molecule has 4 rings (SSSR count). The van der Waals surface area contributed by atoms with Crippen molar-refractivity contribution >= 4 is 10.2 Å². The molecule has 0 aliphatic carbocycles. The zero-order valence-electron chi connectivity index (χ0n) is 24.2. The van der Waals surface area contributed by atoms with Crippen molar-refractivity contribution in [3.63, 3.8) is 0 Å². The number of hydrogen-bond donors (Lipinski definition) is 0. The van der Waals surface area contributed by atoms with E-state index in [9.17, 15) is 28.2 Å². The van der Waals surface area contributed by atoms with Gasteiger partial charge in [0, 0.05) is 11.1 Å². The molecule has 0 bridgehead atoms. The van der Waals surface area contributed by atoms with E-state index in [-0.39, 0.29) is 16.9 Å². The fourth-order valence-electron chi connectivity index (χ4n) is 5.18. The number of benzene rings is 4. The highest BCUT2D eigenvalue weighted by Crippen LogP contribution is 3.02. The van der Waals surface area contributed by atoms with Crippen LogP contribution in [0.15, 0.2) is 101 Å². The summed E-state index contributed by atoms with van der Waals surface area (Å²) in [7, 11) is -9.78. The molecule has 0 N–H and O–H groups in total. The molecule has 0 aliphatic heterocycles. The van der Waals surface area contributed by atoms with Gasteiger partial charge in [0.1, 0.15) is 16.5 Å². The second kappa shape index (κ2) is 12.2. The van der Waals surface area contributed by atoms with Gasteiger partial charge in [-0.15, -0.1) is 0 Å². The van der Waals surface area contributed by atoms with E-state index in [0.29, 0.717) is 24.1 Å². The maximum atomic E-state index is 14.8. The van der Waals surface area contributed by atoms with Crippen LogP contribution in [0, 0.1) is 18.6 Å². The third kappa shape index (κ3) is 8.99. The van der Waals surface area contributed by atoms with E-state index in [2.05, 4.69) is 13.0 Å². The van der Waals surface area contributed by atoms with Gasteiger partial charge >= 0.3 is 10.2 Å². The van der Waals surface area contributed by atoms with Gasteiger partial charge in [-0.1, -0.05) is 104 Å². The molecule has 0 nitrogen and oxygen atoms in total. The normalized spacial score (nSPS) is 13.9. The summed E-state index contributed by atoms with van der Waals surface area (Å²) in [6.45, 7) is 4.06. The lowest BCUT2D eigenvalue weighted by Crippen LogP contribution is -2.05. The molecule has 0 atom stereocenters. The average Bonchev–Trinajstić information content (AvgIpc) is 2.93. The van der Waals surface area contributed by atoms with E-state index in [1.807, 2.05) is 43.3 Å². The van der Waals surface area contributed by atoms with Gasteiger partial charge in [-0.2, -0.15) is 0 Å². The molecular weight excluding hydrogens is 585 g/mol. The molecule has 0 fully saturated rings. The first-order valence-electron chi connectivity index (χ1n) is 14.3. The van der Waals surface area contributed by atoms with E-state index in [0.717, 1.165) is 72.9 Å². The van der Waals surface area contributed by atoms with E-state index in [4.69, 9.17) is 0 Å². The van der Waals surface area contributed by atoms with Crippen molar-refractivity contribution in [3.05, 3.63) is 125 Å². The zero-order valence-corrected chi connectivity index (χ0v) is 25.0. The third-order valence-electron chi connectivity index (χ3n) is 7.46. The Bertz CT molecular complexity index is 1590. The fraction of sp³-hybridized carbons (Fsp3) is 0.257. The Morgan fingerprint density at radius 3 is 1.47 bits per heavy atom. The molecule has 43 heavy (non-hydrogen) atoms. The second-order valence-electron chi connectivity index (χ2n) is 11.0. The van der Waals surface area contributed by atoms with Gasteiger partial charge in [-0.3, -0.25) is 0 Å². The molecule has 4 aromatic rings. The summed E-state index contributed by atoms with van der Waals surface area (Å²) >= 11 is 0. The molecule has 230 valence electrons. The summed E-state index contributed by atoms with van der Waals surface area (Å²) in [6, 6.07) is 20.0. The van der Waals surface area contributed by atoms with Gasteiger partial charge in [-0.25, -0.2) is 8.78 Å². The quantitative estimate of drug-likeness (QED) is 0.109. The van der Waals surface area contributed by atoms with Gasteiger partial charge in [0.05, 0.1) is 0 Å². The summed E-state index contributed by atoms with van der Waals surface area (Å²) < 4.78 is 94.5. The first-order chi connectivity index (χ1) is 20.1. The Labute approximate surface area is 249 Å². The van der Waals surface area contributed by atoms with Crippen molar-refractivity contribution in [2.45, 2.75) is 63.7 Å². The Morgan fingerprint density at radius 1 is 0.628 bits per heavy atom. The van der Waals surface area contributed by atoms with Crippen molar-refractivity contribution in [1.82, 2.24) is 0 Å². The summed E-state index contributed by atoms with van der Waals surface area (Å²) in [5.74, 6) is -0.854. The zero-order chi connectivity index (χ0) is 31.3. The number of hydrogen-bond acceptors (Lipinski definition) is 0. The van der Waals surface area contributed by atoms with Crippen molar-refractivity contribution in [3.8, 4) is 22.3 Å². The fourth-order valence-corrected chi connectivity index (χ4v) is 5.83. The molecule has 0 unspecified atom stereocenters. The smallest absolute Gasteiger partial charge is 0.206 e. The monoisotopic (exact) mass is 620 g/mol. The molecule has 0 spiro atoms. The predicted octanol–water partition coefficient (Wildman–Crippen LogP) is 12.9. The van der Waals surface area contributed by atoms with Crippen LogP contribution in [-0.4, -0.2) is 0 Å². The highest BCUT2D eigenvalue weighted by molar-refractivity contribution is 8.45. The van der Waals surface area contributed by atoms with Gasteiger partial charge in [-0.05, 0) is 98.4 Å². The van der Waals surface area contributed by atoms with Gasteiger partial charge in [0.25, 0.3) is 0 Å². The van der Waals surface area contributed by atoms with Crippen LogP contribution in [0.3, 0.4) is 0 Å². The molecule has 8 heteroatoms. The first-order valence-corrected chi connectivity index (χ1v) is 16.2. The molecule has 0 saturated carbocycles. The summed E-state index contributed by atoms with van der Waals surface area (Å²) in [4.78, 5) is -2.00. The highest BCUT2D eigenvalue weighted by Gasteiger charge is 2.65. The van der Waals surface area contributed by atoms with Gasteiger partial charge in [0.2, 0.25) is 0 Å². The number of halogens is 7. The molecule has 0 radical (unpaired) electrons. The Hall–Kier alpha value is -3.52. The molecule has 0 aromatic heterocycles. The molecule has 0 saturated heterocycles. The van der Waals surface area contributed by atoms with Crippen molar-refractivity contribution in [1.29, 1.82) is 0 Å². The summed E-state index contributed by atoms with van der Waals surface area (Å²) in [6.07, 6.45) is 7.79. The molecule has 0 aliphatic rings. The second-order valence-corrected chi connectivity index (χ2v) is 13.4. The predicted molar refractivity (Wildman–Crippen MR) is 164 cm³/mol. The molecular formula is C35H35F7S. The number of rotatable bonds is 12. The van der Waals surface area contributed by atoms with E-state index in [1.165, 1.54) is 17.7 Å². The van der Waals surface area contributed by atoms with E-state index < -0.39 is 20.9 Å². The lowest BCUT2D eigenvalue weighted by Gasteiger charge is -2.40. The van der Waals surface area contributed by atoms with Crippen LogP contribution in [0.1, 0.15) is 55.7 Å².